The molecule has 5 heteroatoms. The Kier molecular flexibility index (Phi) is 8.91. The minimum atomic E-state index is -0.821. The molecule has 1 aliphatic rings. The molecule has 0 amide bonds. The van der Waals surface area contributed by atoms with Crippen molar-refractivity contribution in [1.29, 1.82) is 0 Å². The van der Waals surface area contributed by atoms with E-state index < -0.39 is 5.97 Å². The quantitative estimate of drug-likeness (QED) is 0.363. The molecule has 0 heterocycles. The normalized spacial score (nSPS) is 12.4. The van der Waals surface area contributed by atoms with Crippen LogP contribution in [0.5, 0.6) is 11.5 Å². The highest BCUT2D eigenvalue weighted by Crippen LogP contribution is 2.36. The fourth-order valence-electron chi connectivity index (χ4n) is 3.58. The summed E-state index contributed by atoms with van der Waals surface area (Å²) in [5, 5.41) is 8.88. The van der Waals surface area contributed by atoms with Crippen molar-refractivity contribution >= 4 is 5.97 Å². The molecule has 0 unspecified atom stereocenters. The lowest BCUT2D eigenvalue weighted by atomic mass is 9.81. The topological polar surface area (TPSA) is 55.8 Å². The van der Waals surface area contributed by atoms with Crippen LogP contribution in [0.3, 0.4) is 0 Å². The molecule has 0 aliphatic heterocycles. The van der Waals surface area contributed by atoms with Crippen LogP contribution in [0.2, 0.25) is 0 Å². The number of rotatable bonds is 8. The molecule has 0 saturated heterocycles. The number of aryl methyl sites for hydroxylation is 1. The second-order valence-corrected chi connectivity index (χ2v) is 9.87. The molecule has 1 fully saturated rings. The predicted molar refractivity (Wildman–Crippen MR) is 138 cm³/mol. The summed E-state index contributed by atoms with van der Waals surface area (Å²) in [6.45, 7) is 6.65. The summed E-state index contributed by atoms with van der Waals surface area (Å²) in [5.41, 5.74) is 4.03. The highest BCUT2D eigenvalue weighted by molar-refractivity contribution is 5.71. The van der Waals surface area contributed by atoms with Gasteiger partial charge in [0.05, 0.1) is 7.11 Å². The lowest BCUT2D eigenvalue weighted by Crippen LogP contribution is -2.14. The average molecular weight is 479 g/mol. The molecule has 0 bridgehead atoms. The maximum absolute atomic E-state index is 14.7. The summed E-state index contributed by atoms with van der Waals surface area (Å²) in [7, 11) is 1.57. The van der Waals surface area contributed by atoms with E-state index in [1.807, 2.05) is 36.4 Å². The smallest absolute Gasteiger partial charge is 0.303 e. The number of hydrogen-bond donors (Lipinski definition) is 1. The van der Waals surface area contributed by atoms with Gasteiger partial charge in [0.2, 0.25) is 0 Å². The number of carboxylic acids is 1. The van der Waals surface area contributed by atoms with Crippen LogP contribution in [0.25, 0.3) is 11.1 Å². The number of ether oxygens (including phenoxy) is 2. The molecule has 3 aromatic carbocycles. The Morgan fingerprint density at radius 1 is 0.914 bits per heavy atom. The lowest BCUT2D eigenvalue weighted by Gasteiger charge is -2.24. The fraction of sp³-hybridized carbons (Fsp3) is 0.367. The minimum absolute atomic E-state index is 0.0840. The van der Waals surface area contributed by atoms with Crippen LogP contribution < -0.4 is 9.47 Å². The van der Waals surface area contributed by atoms with Crippen molar-refractivity contribution in [3.8, 4) is 22.6 Å². The third-order valence-electron chi connectivity index (χ3n) is 5.64. The van der Waals surface area contributed by atoms with E-state index in [0.29, 0.717) is 30.1 Å². The van der Waals surface area contributed by atoms with Gasteiger partial charge in [0, 0.05) is 12.0 Å². The Bertz CT molecular complexity index is 1140. The van der Waals surface area contributed by atoms with Crippen molar-refractivity contribution < 1.29 is 23.8 Å². The second kappa shape index (κ2) is 11.9. The van der Waals surface area contributed by atoms with Crippen LogP contribution in [0, 0.1) is 5.82 Å². The van der Waals surface area contributed by atoms with E-state index in [9.17, 15) is 9.18 Å². The molecule has 0 radical (unpaired) electrons. The van der Waals surface area contributed by atoms with Gasteiger partial charge in [-0.05, 0) is 64.4 Å². The Hall–Kier alpha value is -3.34. The average Bonchev–Trinajstić information content (AvgIpc) is 3.71. The highest BCUT2D eigenvalue weighted by atomic mass is 19.1. The van der Waals surface area contributed by atoms with Crippen molar-refractivity contribution in [2.24, 2.45) is 0 Å². The molecule has 1 aliphatic carbocycles. The summed E-state index contributed by atoms with van der Waals surface area (Å²) in [5.74, 6) is 0.182. The zero-order valence-electron chi connectivity index (χ0n) is 21.1. The van der Waals surface area contributed by atoms with Gasteiger partial charge in [-0.25, -0.2) is 4.39 Å². The maximum Gasteiger partial charge on any atom is 0.303 e. The molecule has 1 saturated carbocycles. The van der Waals surface area contributed by atoms with Gasteiger partial charge in [0.15, 0.2) is 0 Å². The molecular weight excluding hydrogens is 443 g/mol. The predicted octanol–water partition coefficient (Wildman–Crippen LogP) is 7.57. The molecule has 4 rings (SSSR count). The van der Waals surface area contributed by atoms with E-state index in [-0.39, 0.29) is 17.7 Å². The molecule has 0 spiro atoms. The Morgan fingerprint density at radius 2 is 1.66 bits per heavy atom. The van der Waals surface area contributed by atoms with Gasteiger partial charge in [0.1, 0.15) is 23.9 Å². The highest BCUT2D eigenvalue weighted by Gasteiger charge is 2.21. The lowest BCUT2D eigenvalue weighted by molar-refractivity contribution is -0.136. The molecule has 0 aromatic heterocycles. The molecule has 186 valence electrons. The van der Waals surface area contributed by atoms with E-state index in [4.69, 9.17) is 14.6 Å². The van der Waals surface area contributed by atoms with E-state index in [1.165, 1.54) is 25.3 Å². The Morgan fingerprint density at radius 3 is 2.29 bits per heavy atom. The van der Waals surface area contributed by atoms with Gasteiger partial charge >= 0.3 is 5.97 Å². The van der Waals surface area contributed by atoms with Gasteiger partial charge in [-0.2, -0.15) is 0 Å². The first kappa shape index (κ1) is 26.3. The van der Waals surface area contributed by atoms with Crippen molar-refractivity contribution in [3.05, 3.63) is 83.2 Å². The first-order valence-corrected chi connectivity index (χ1v) is 12.1. The third-order valence-corrected chi connectivity index (χ3v) is 5.64. The van der Waals surface area contributed by atoms with E-state index in [2.05, 4.69) is 26.8 Å². The number of aliphatic carboxylic acids is 1. The van der Waals surface area contributed by atoms with E-state index >= 15 is 0 Å². The summed E-state index contributed by atoms with van der Waals surface area (Å²) < 4.78 is 25.9. The van der Waals surface area contributed by atoms with Crippen molar-refractivity contribution in [2.75, 3.05) is 7.11 Å². The standard InChI is InChI=1S/C27H29FO4.C3H6/c1-27(2,3)24-15-19(8-11-22(24)23-16-20(31-4)10-12-25(23)28)17-32-21-7-5-6-18(14-21)9-13-26(29)30;1-2-3-1/h5-8,10-12,14-16H,9,13,17H2,1-4H3,(H,29,30);1-3H2. The third kappa shape index (κ3) is 8.13. The largest absolute Gasteiger partial charge is 0.497 e. The zero-order chi connectivity index (χ0) is 25.4. The summed E-state index contributed by atoms with van der Waals surface area (Å²) in [6, 6.07) is 18.2. The molecule has 1 N–H and O–H groups in total. The minimum Gasteiger partial charge on any atom is -0.497 e. The van der Waals surface area contributed by atoms with Gasteiger partial charge in [-0.3, -0.25) is 4.79 Å². The fourth-order valence-corrected chi connectivity index (χ4v) is 3.58. The van der Waals surface area contributed by atoms with Gasteiger partial charge < -0.3 is 14.6 Å². The van der Waals surface area contributed by atoms with Crippen LogP contribution in [0.15, 0.2) is 60.7 Å². The van der Waals surface area contributed by atoms with Crippen LogP contribution in [-0.2, 0) is 23.2 Å². The van der Waals surface area contributed by atoms with Crippen LogP contribution in [0.4, 0.5) is 4.39 Å². The monoisotopic (exact) mass is 478 g/mol. The van der Waals surface area contributed by atoms with Crippen LogP contribution in [-0.4, -0.2) is 18.2 Å². The number of benzene rings is 3. The molecular formula is C30H35FO4. The number of carbonyl (C=O) groups is 1. The summed E-state index contributed by atoms with van der Waals surface area (Å²) in [4.78, 5) is 10.8. The van der Waals surface area contributed by atoms with Crippen LogP contribution >= 0.6 is 0 Å². The van der Waals surface area contributed by atoms with E-state index in [1.54, 1.807) is 19.2 Å². The number of hydrogen-bond acceptors (Lipinski definition) is 3. The van der Waals surface area contributed by atoms with Crippen molar-refractivity contribution in [2.45, 2.75) is 64.9 Å². The SMILES string of the molecule is C1CC1.COc1ccc(F)c(-c2ccc(COc3cccc(CCC(=O)O)c3)cc2C(C)(C)C)c1. The molecule has 4 nitrogen and oxygen atoms in total. The number of carboxylic acid groups (broad SMARTS) is 1. The van der Waals surface area contributed by atoms with Gasteiger partial charge in [-0.15, -0.1) is 0 Å². The number of halogens is 1. The Balaban J connectivity index is 0.00000106. The van der Waals surface area contributed by atoms with Crippen LogP contribution in [0.1, 0.15) is 63.1 Å². The zero-order valence-corrected chi connectivity index (χ0v) is 21.1. The Labute approximate surface area is 207 Å². The van der Waals surface area contributed by atoms with E-state index in [0.717, 1.165) is 22.3 Å². The summed E-state index contributed by atoms with van der Waals surface area (Å²) in [6.07, 6.45) is 5.04. The first-order valence-electron chi connectivity index (χ1n) is 12.1. The molecule has 0 atom stereocenters. The van der Waals surface area contributed by atoms with Gasteiger partial charge in [0.25, 0.3) is 0 Å². The maximum atomic E-state index is 14.7. The molecule has 3 aromatic rings. The first-order chi connectivity index (χ1) is 16.7. The second-order valence-electron chi connectivity index (χ2n) is 9.87. The van der Waals surface area contributed by atoms with Gasteiger partial charge in [-0.1, -0.05) is 70.4 Å². The number of methoxy groups -OCH3 is 1. The summed E-state index contributed by atoms with van der Waals surface area (Å²) >= 11 is 0. The molecule has 35 heavy (non-hydrogen) atoms. The van der Waals surface area contributed by atoms with Crippen molar-refractivity contribution in [3.63, 3.8) is 0 Å². The van der Waals surface area contributed by atoms with Crippen molar-refractivity contribution in [1.82, 2.24) is 0 Å².